The fraction of sp³-hybridized carbons (Fsp3) is 0.500. The van der Waals surface area contributed by atoms with Crippen molar-refractivity contribution >= 4 is 30.8 Å². The van der Waals surface area contributed by atoms with Gasteiger partial charge in [-0.15, -0.1) is 0 Å². The van der Waals surface area contributed by atoms with Gasteiger partial charge >= 0.3 is 30.8 Å². The van der Waals surface area contributed by atoms with E-state index in [9.17, 15) is 19.2 Å². The third-order valence-electron chi connectivity index (χ3n) is 1.34. The summed E-state index contributed by atoms with van der Waals surface area (Å²) >= 11 is 0. The maximum Gasteiger partial charge on any atom is 0.786 e. The van der Waals surface area contributed by atoms with E-state index in [1.54, 1.807) is 0 Å². The topological polar surface area (TPSA) is 105 Å². The highest BCUT2D eigenvalue weighted by molar-refractivity contribution is 6.73. The van der Waals surface area contributed by atoms with Crippen LogP contribution in [0.2, 0.25) is 0 Å². The highest BCUT2D eigenvalue weighted by Gasteiger charge is 2.60. The number of hydrogen-bond acceptors (Lipinski definition) is 8. The molecular weight excluding hydrogens is 249 g/mol. The largest absolute Gasteiger partial charge is 0.786 e. The van der Waals surface area contributed by atoms with Gasteiger partial charge < -0.3 is 23.1 Å². The fourth-order valence-corrected chi connectivity index (χ4v) is 0.861. The minimum Gasteiger partial charge on any atom is -0.576 e. The predicted octanol–water partition coefficient (Wildman–Crippen LogP) is -2.06. The zero-order valence-corrected chi connectivity index (χ0v) is 10.3. The first-order chi connectivity index (χ1) is 8.02. The maximum atomic E-state index is 10.5. The van der Waals surface area contributed by atoms with Crippen LogP contribution >= 0.6 is 0 Å². The first-order valence-corrected chi connectivity index (χ1v) is 4.86. The molecule has 0 aliphatic carbocycles. The second kappa shape index (κ2) is 4.29. The molecule has 0 amide bonds. The summed E-state index contributed by atoms with van der Waals surface area (Å²) in [5.74, 6) is -5.49. The standard InChI is InChI=1S/C4BO8.C4H12N/c6-1-2(7)11-5(10-1)12-3(8)4(9)13-5;1-5(2,3)4/h;1-4H3/q-1;+1. The Kier molecular flexibility index (Phi) is 3.33. The van der Waals surface area contributed by atoms with Crippen LogP contribution in [0.5, 0.6) is 0 Å². The molecule has 2 fully saturated rings. The van der Waals surface area contributed by atoms with Crippen LogP contribution in [0, 0.1) is 0 Å². The highest BCUT2D eigenvalue weighted by atomic mass is 17.0. The Hall–Kier alpha value is -2.10. The van der Waals surface area contributed by atoms with Gasteiger partial charge in [-0.1, -0.05) is 0 Å². The van der Waals surface area contributed by atoms with Gasteiger partial charge in [0.25, 0.3) is 0 Å². The second-order valence-electron chi connectivity index (χ2n) is 4.88. The Labute approximate surface area is 102 Å². The second-order valence-corrected chi connectivity index (χ2v) is 4.88. The van der Waals surface area contributed by atoms with Gasteiger partial charge in [0.2, 0.25) is 0 Å². The molecule has 0 unspecified atom stereocenters. The average Bonchev–Trinajstić information content (AvgIpc) is 2.52. The van der Waals surface area contributed by atoms with Crippen molar-refractivity contribution in [3.05, 3.63) is 0 Å². The van der Waals surface area contributed by atoms with Gasteiger partial charge in [0.15, 0.2) is 0 Å². The summed E-state index contributed by atoms with van der Waals surface area (Å²) in [6.45, 7) is -3.30. The summed E-state index contributed by atoms with van der Waals surface area (Å²) < 4.78 is 17.5. The molecule has 2 heterocycles. The Morgan fingerprint density at radius 2 is 0.833 bits per heavy atom. The van der Waals surface area contributed by atoms with Gasteiger partial charge in [-0.3, -0.25) is 0 Å². The molecule has 0 saturated carbocycles. The molecule has 2 saturated heterocycles. The van der Waals surface area contributed by atoms with Crippen LogP contribution in [0.15, 0.2) is 0 Å². The summed E-state index contributed by atoms with van der Waals surface area (Å²) in [6, 6.07) is 0. The molecule has 0 atom stereocenters. The Bertz CT molecular complexity index is 350. The Balaban J connectivity index is 0.000000280. The monoisotopic (exact) mass is 261 g/mol. The zero-order valence-electron chi connectivity index (χ0n) is 10.3. The lowest BCUT2D eigenvalue weighted by Crippen LogP contribution is -2.40. The molecule has 0 radical (unpaired) electrons. The van der Waals surface area contributed by atoms with Crippen molar-refractivity contribution in [1.82, 2.24) is 0 Å². The fourth-order valence-electron chi connectivity index (χ4n) is 0.861. The first-order valence-electron chi connectivity index (χ1n) is 4.86. The van der Waals surface area contributed by atoms with Crippen molar-refractivity contribution in [2.75, 3.05) is 28.2 Å². The lowest BCUT2D eigenvalue weighted by atomic mass is 10.1. The lowest BCUT2D eigenvalue weighted by Gasteiger charge is -2.21. The van der Waals surface area contributed by atoms with Crippen molar-refractivity contribution in [2.24, 2.45) is 0 Å². The number of carbonyl (C=O) groups excluding carboxylic acids is 4. The van der Waals surface area contributed by atoms with Crippen molar-refractivity contribution in [3.8, 4) is 0 Å². The van der Waals surface area contributed by atoms with Gasteiger partial charge in [0.05, 0.1) is 28.2 Å². The van der Waals surface area contributed by atoms with Crippen LogP contribution in [0.25, 0.3) is 0 Å². The molecule has 0 aromatic rings. The molecule has 0 N–H and O–H groups in total. The van der Waals surface area contributed by atoms with Crippen LogP contribution in [0.3, 0.4) is 0 Å². The summed E-state index contributed by atoms with van der Waals surface area (Å²) in [5.41, 5.74) is 0. The summed E-state index contributed by atoms with van der Waals surface area (Å²) in [7, 11) is 8.50. The number of rotatable bonds is 0. The van der Waals surface area contributed by atoms with E-state index >= 15 is 0 Å². The minimum atomic E-state index is -3.30. The third-order valence-corrected chi connectivity index (χ3v) is 1.34. The van der Waals surface area contributed by atoms with Gasteiger partial charge in [0, 0.05) is 0 Å². The number of hydrogen-bond donors (Lipinski definition) is 0. The molecule has 0 bridgehead atoms. The third kappa shape index (κ3) is 3.45. The molecule has 2 aliphatic rings. The van der Waals surface area contributed by atoms with Crippen molar-refractivity contribution in [3.63, 3.8) is 0 Å². The Morgan fingerprint density at radius 3 is 1.00 bits per heavy atom. The number of nitrogens with zero attached hydrogens (tertiary/aromatic N) is 1. The molecule has 0 aromatic carbocycles. The van der Waals surface area contributed by atoms with Gasteiger partial charge in [-0.05, 0) is 0 Å². The molecule has 2 aliphatic heterocycles. The van der Waals surface area contributed by atoms with Crippen LogP contribution in [0.4, 0.5) is 0 Å². The van der Waals surface area contributed by atoms with Crippen molar-refractivity contribution in [1.29, 1.82) is 0 Å². The smallest absolute Gasteiger partial charge is 0.576 e. The minimum absolute atomic E-state index is 1.00. The summed E-state index contributed by atoms with van der Waals surface area (Å²) in [4.78, 5) is 41.9. The van der Waals surface area contributed by atoms with Crippen LogP contribution in [-0.2, 0) is 37.8 Å². The predicted molar refractivity (Wildman–Crippen MR) is 54.1 cm³/mol. The average molecular weight is 261 g/mol. The van der Waals surface area contributed by atoms with Crippen LogP contribution in [-0.4, -0.2) is 63.5 Å². The molecule has 0 aromatic heterocycles. The first kappa shape index (κ1) is 14.0. The number of quaternary nitrogens is 1. The maximum absolute atomic E-state index is 10.5. The van der Waals surface area contributed by atoms with E-state index < -0.39 is 30.8 Å². The zero-order chi connectivity index (χ0) is 14.1. The molecule has 10 heteroatoms. The van der Waals surface area contributed by atoms with E-state index in [1.807, 2.05) is 0 Å². The van der Waals surface area contributed by atoms with E-state index in [4.69, 9.17) is 0 Å². The molecule has 2 rings (SSSR count). The van der Waals surface area contributed by atoms with E-state index in [0.29, 0.717) is 0 Å². The van der Waals surface area contributed by atoms with E-state index in [2.05, 4.69) is 46.8 Å². The van der Waals surface area contributed by atoms with Crippen LogP contribution < -0.4 is 0 Å². The molecule has 18 heavy (non-hydrogen) atoms. The highest BCUT2D eigenvalue weighted by Crippen LogP contribution is 2.24. The van der Waals surface area contributed by atoms with E-state index in [1.165, 1.54) is 0 Å². The lowest BCUT2D eigenvalue weighted by molar-refractivity contribution is -0.849. The summed E-state index contributed by atoms with van der Waals surface area (Å²) in [6.07, 6.45) is 0. The van der Waals surface area contributed by atoms with Gasteiger partial charge in [-0.25, -0.2) is 19.2 Å². The normalized spacial score (nSPS) is 20.7. The quantitative estimate of drug-likeness (QED) is 0.278. The van der Waals surface area contributed by atoms with Crippen molar-refractivity contribution in [2.45, 2.75) is 0 Å². The molecule has 1 spiro atoms. The van der Waals surface area contributed by atoms with Gasteiger partial charge in [-0.2, -0.15) is 0 Å². The van der Waals surface area contributed by atoms with Gasteiger partial charge in [0.1, 0.15) is 0 Å². The van der Waals surface area contributed by atoms with E-state index in [0.717, 1.165) is 4.48 Å². The van der Waals surface area contributed by atoms with E-state index in [-0.39, 0.29) is 0 Å². The molecule has 100 valence electrons. The Morgan fingerprint density at radius 1 is 0.667 bits per heavy atom. The summed E-state index contributed by atoms with van der Waals surface area (Å²) in [5, 5.41) is 0. The van der Waals surface area contributed by atoms with Crippen molar-refractivity contribution < 1.29 is 42.3 Å². The molecule has 9 nitrogen and oxygen atoms in total. The SMILES string of the molecule is C[N+](C)(C)C.O=C1O[B-]2(OC1=O)OC(=O)C(=O)O2. The number of carbonyl (C=O) groups is 4. The molecular formula is C8H12BNO8. The van der Waals surface area contributed by atoms with Crippen LogP contribution in [0.1, 0.15) is 0 Å².